The molecule has 0 saturated carbocycles. The van der Waals surface area contributed by atoms with Gasteiger partial charge >= 0.3 is 0 Å². The van der Waals surface area contributed by atoms with Gasteiger partial charge in [-0.15, -0.1) is 0 Å². The van der Waals surface area contributed by atoms with Gasteiger partial charge in [-0.05, 0) is 11.6 Å². The van der Waals surface area contributed by atoms with Crippen LogP contribution in [-0.2, 0) is 6.42 Å². The van der Waals surface area contributed by atoms with E-state index < -0.39 is 0 Å². The molecule has 11 heavy (non-hydrogen) atoms. The highest BCUT2D eigenvalue weighted by molar-refractivity contribution is 5.42. The van der Waals surface area contributed by atoms with Crippen molar-refractivity contribution in [3.8, 4) is 0 Å². The van der Waals surface area contributed by atoms with Gasteiger partial charge in [0, 0.05) is 18.8 Å². The summed E-state index contributed by atoms with van der Waals surface area (Å²) < 4.78 is 0. The summed E-state index contributed by atoms with van der Waals surface area (Å²) in [6.07, 6.45) is 6.04. The lowest BCUT2D eigenvalue weighted by Gasteiger charge is -1.93. The monoisotopic (exact) mass is 150 g/mol. The van der Waals surface area contributed by atoms with E-state index in [1.807, 2.05) is 18.3 Å². The zero-order chi connectivity index (χ0) is 7.94. The van der Waals surface area contributed by atoms with Crippen LogP contribution in [0.5, 0.6) is 0 Å². The van der Waals surface area contributed by atoms with E-state index in [9.17, 15) is 0 Å². The van der Waals surface area contributed by atoms with Crippen LogP contribution in [-0.4, -0.2) is 17.9 Å². The quantitative estimate of drug-likeness (QED) is 0.415. The maximum atomic E-state index is 5.14. The Hall–Kier alpha value is -1.38. The van der Waals surface area contributed by atoms with Crippen LogP contribution >= 0.6 is 0 Å². The smallest absolute Gasteiger partial charge is 0.227 e. The average molecular weight is 150 g/mol. The molecule has 0 radical (unpaired) electrons. The van der Waals surface area contributed by atoms with Crippen LogP contribution in [0.15, 0.2) is 24.5 Å². The average Bonchev–Trinajstić information content (AvgIpc) is 2.07. The lowest BCUT2D eigenvalue weighted by molar-refractivity contribution is -0.451. The van der Waals surface area contributed by atoms with Crippen LogP contribution in [0.4, 0.5) is 0 Å². The summed E-state index contributed by atoms with van der Waals surface area (Å²) in [6, 6.07) is 3.98. The first-order valence-electron chi connectivity index (χ1n) is 3.59. The van der Waals surface area contributed by atoms with Crippen LogP contribution in [0.2, 0.25) is 0 Å². The first kappa shape index (κ1) is 7.72. The minimum absolute atomic E-state index is 0.863. The molecule has 0 bridgehead atoms. The number of nitrogens with one attached hydrogen (secondary N) is 1. The van der Waals surface area contributed by atoms with Crippen LogP contribution in [0.25, 0.3) is 0 Å². The van der Waals surface area contributed by atoms with E-state index in [1.54, 1.807) is 6.20 Å². The highest BCUT2D eigenvalue weighted by Gasteiger charge is 1.89. The van der Waals surface area contributed by atoms with E-state index in [0.29, 0.717) is 0 Å². The van der Waals surface area contributed by atoms with Gasteiger partial charge in [0.25, 0.3) is 0 Å². The summed E-state index contributed by atoms with van der Waals surface area (Å²) >= 11 is 0. The van der Waals surface area contributed by atoms with Crippen molar-refractivity contribution < 1.29 is 4.99 Å². The maximum Gasteiger partial charge on any atom is 0.227 e. The van der Waals surface area contributed by atoms with Crippen molar-refractivity contribution >= 4 is 6.34 Å². The number of aromatic nitrogens is 1. The maximum absolute atomic E-state index is 5.14. The zero-order valence-electron chi connectivity index (χ0n) is 6.33. The fraction of sp³-hybridized carbons (Fsp3) is 0.250. The highest BCUT2D eigenvalue weighted by atomic mass is 14.8. The number of nitrogens with two attached hydrogens (primary N) is 1. The standard InChI is InChI=1S/C8H11N3/c9-7-11-5-3-8-2-1-4-10-6-8/h1-2,4,6-7H,3,5H2,(H2,9,11)/p+1. The van der Waals surface area contributed by atoms with Crippen molar-refractivity contribution in [2.24, 2.45) is 5.73 Å². The van der Waals surface area contributed by atoms with Crippen LogP contribution in [0.3, 0.4) is 0 Å². The SMILES string of the molecule is NC=[NH+]CCc1cccnc1. The van der Waals surface area contributed by atoms with Crippen LogP contribution in [0, 0.1) is 0 Å². The Morgan fingerprint density at radius 2 is 2.55 bits per heavy atom. The number of rotatable bonds is 3. The van der Waals surface area contributed by atoms with E-state index in [-0.39, 0.29) is 0 Å². The van der Waals surface area contributed by atoms with Gasteiger partial charge in [0.1, 0.15) is 0 Å². The van der Waals surface area contributed by atoms with Crippen molar-refractivity contribution in [1.82, 2.24) is 4.98 Å². The Morgan fingerprint density at radius 1 is 1.64 bits per heavy atom. The molecule has 0 aliphatic rings. The Morgan fingerprint density at radius 3 is 3.18 bits per heavy atom. The van der Waals surface area contributed by atoms with Crippen LogP contribution < -0.4 is 10.7 Å². The fourth-order valence-corrected chi connectivity index (χ4v) is 0.846. The predicted octanol–water partition coefficient (Wildman–Crippen LogP) is -1.31. The van der Waals surface area contributed by atoms with Crippen molar-refractivity contribution in [3.63, 3.8) is 0 Å². The summed E-state index contributed by atoms with van der Waals surface area (Å²) in [5, 5.41) is 0. The lowest BCUT2D eigenvalue weighted by atomic mass is 10.2. The molecule has 1 aromatic heterocycles. The normalized spacial score (nSPS) is 10.5. The summed E-state index contributed by atoms with van der Waals surface area (Å²) in [6.45, 7) is 0.863. The molecule has 58 valence electrons. The largest absolute Gasteiger partial charge is 0.294 e. The number of hydrogen-bond acceptors (Lipinski definition) is 1. The molecule has 1 aromatic rings. The van der Waals surface area contributed by atoms with Crippen molar-refractivity contribution in [2.45, 2.75) is 6.42 Å². The fourth-order valence-electron chi connectivity index (χ4n) is 0.846. The van der Waals surface area contributed by atoms with E-state index >= 15 is 0 Å². The number of hydrogen-bond donors (Lipinski definition) is 2. The second-order valence-electron chi connectivity index (χ2n) is 2.23. The molecule has 0 unspecified atom stereocenters. The lowest BCUT2D eigenvalue weighted by Crippen LogP contribution is -2.71. The first-order chi connectivity index (χ1) is 5.43. The Balaban J connectivity index is 2.39. The topological polar surface area (TPSA) is 52.9 Å². The minimum Gasteiger partial charge on any atom is -0.294 e. The van der Waals surface area contributed by atoms with Gasteiger partial charge in [-0.3, -0.25) is 15.7 Å². The minimum atomic E-state index is 0.863. The van der Waals surface area contributed by atoms with Gasteiger partial charge in [0.05, 0.1) is 6.54 Å². The molecule has 0 aliphatic carbocycles. The van der Waals surface area contributed by atoms with Gasteiger partial charge in [-0.25, -0.2) is 0 Å². The molecule has 0 amide bonds. The predicted molar refractivity (Wildman–Crippen MR) is 44.0 cm³/mol. The second-order valence-corrected chi connectivity index (χ2v) is 2.23. The molecule has 0 atom stereocenters. The Kier molecular flexibility index (Phi) is 3.12. The van der Waals surface area contributed by atoms with Gasteiger partial charge in [0.15, 0.2) is 0 Å². The van der Waals surface area contributed by atoms with Gasteiger partial charge in [-0.2, -0.15) is 0 Å². The molecule has 1 heterocycles. The molecule has 0 aliphatic heterocycles. The van der Waals surface area contributed by atoms with Crippen LogP contribution in [0.1, 0.15) is 5.56 Å². The highest BCUT2D eigenvalue weighted by Crippen LogP contribution is 1.93. The molecule has 0 aromatic carbocycles. The molecule has 3 N–H and O–H groups in total. The van der Waals surface area contributed by atoms with Crippen molar-refractivity contribution in [2.75, 3.05) is 6.54 Å². The van der Waals surface area contributed by atoms with E-state index in [1.165, 1.54) is 11.9 Å². The third-order valence-electron chi connectivity index (χ3n) is 1.40. The summed E-state index contributed by atoms with van der Waals surface area (Å²) in [7, 11) is 0. The molecule has 0 spiro atoms. The summed E-state index contributed by atoms with van der Waals surface area (Å²) in [5.41, 5.74) is 6.36. The zero-order valence-corrected chi connectivity index (χ0v) is 6.33. The molecular formula is C8H12N3+. The third kappa shape index (κ3) is 2.80. The molecular weight excluding hydrogens is 138 g/mol. The number of nitrogens with zero attached hydrogens (tertiary/aromatic N) is 1. The van der Waals surface area contributed by atoms with Gasteiger partial charge < -0.3 is 0 Å². The Bertz CT molecular complexity index is 218. The van der Waals surface area contributed by atoms with E-state index in [4.69, 9.17) is 5.73 Å². The summed E-state index contributed by atoms with van der Waals surface area (Å²) in [4.78, 5) is 6.92. The summed E-state index contributed by atoms with van der Waals surface area (Å²) in [5.74, 6) is 0. The third-order valence-corrected chi connectivity index (χ3v) is 1.40. The molecule has 1 rings (SSSR count). The van der Waals surface area contributed by atoms with E-state index in [0.717, 1.165) is 13.0 Å². The van der Waals surface area contributed by atoms with Gasteiger partial charge in [0.2, 0.25) is 6.34 Å². The molecule has 3 heteroatoms. The Labute approximate surface area is 66.0 Å². The second kappa shape index (κ2) is 4.44. The van der Waals surface area contributed by atoms with E-state index in [2.05, 4.69) is 9.98 Å². The number of pyridine rings is 1. The van der Waals surface area contributed by atoms with Crippen molar-refractivity contribution in [3.05, 3.63) is 30.1 Å². The van der Waals surface area contributed by atoms with Crippen molar-refractivity contribution in [1.29, 1.82) is 0 Å². The van der Waals surface area contributed by atoms with Gasteiger partial charge in [-0.1, -0.05) is 6.07 Å². The molecule has 3 nitrogen and oxygen atoms in total. The molecule has 0 saturated heterocycles. The first-order valence-corrected chi connectivity index (χ1v) is 3.59. The molecule has 0 fully saturated rings.